The monoisotopic (exact) mass is 429 g/mol. The third-order valence-electron chi connectivity index (χ3n) is 4.49. The summed E-state index contributed by atoms with van der Waals surface area (Å²) in [6.45, 7) is 3.40. The zero-order chi connectivity index (χ0) is 21.3. The number of hydrogen-bond acceptors (Lipinski definition) is 4. The van der Waals surface area contributed by atoms with E-state index in [-0.39, 0.29) is 17.1 Å². The average molecular weight is 430 g/mol. The molecule has 0 saturated heterocycles. The first-order chi connectivity index (χ1) is 13.8. The van der Waals surface area contributed by atoms with Crippen molar-refractivity contribution >= 4 is 17.9 Å². The van der Waals surface area contributed by atoms with Gasteiger partial charge in [-0.3, -0.25) is 0 Å². The summed E-state index contributed by atoms with van der Waals surface area (Å²) in [5.74, 6) is -3.45. The second kappa shape index (κ2) is 11.2. The average Bonchev–Trinajstić information content (AvgIpc) is 2.67. The van der Waals surface area contributed by atoms with E-state index in [0.29, 0.717) is 18.1 Å². The van der Waals surface area contributed by atoms with Gasteiger partial charge in [-0.2, -0.15) is 0 Å². The summed E-state index contributed by atoms with van der Waals surface area (Å²) in [5.41, 5.74) is -0.240. The third-order valence-corrected chi connectivity index (χ3v) is 5.63. The van der Waals surface area contributed by atoms with Crippen LogP contribution in [0.25, 0.3) is 0 Å². The van der Waals surface area contributed by atoms with Crippen molar-refractivity contribution in [3.8, 4) is 0 Å². The van der Waals surface area contributed by atoms with E-state index in [9.17, 15) is 18.0 Å². The lowest BCUT2D eigenvalue weighted by Crippen LogP contribution is -2.28. The Bertz CT molecular complexity index is 735. The molecule has 0 spiro atoms. The quantitative estimate of drug-likeness (QED) is 0.328. The van der Waals surface area contributed by atoms with E-state index in [1.807, 2.05) is 4.90 Å². The highest BCUT2D eigenvalue weighted by molar-refractivity contribution is 8.03. The lowest BCUT2D eigenvalue weighted by molar-refractivity contribution is -0.00708. The van der Waals surface area contributed by atoms with Crippen molar-refractivity contribution in [2.75, 3.05) is 18.8 Å². The largest absolute Gasteiger partial charge is 0.511 e. The number of ether oxygens (including phenoxy) is 1. The van der Waals surface area contributed by atoms with E-state index in [1.165, 1.54) is 0 Å². The number of hydrogen-bond donors (Lipinski definition) is 1. The second-order valence-electron chi connectivity index (χ2n) is 6.76. The van der Waals surface area contributed by atoms with Gasteiger partial charge in [0.2, 0.25) is 0 Å². The van der Waals surface area contributed by atoms with Gasteiger partial charge in [-0.25, -0.2) is 18.0 Å². The maximum absolute atomic E-state index is 14.4. The zero-order valence-corrected chi connectivity index (χ0v) is 17.2. The van der Waals surface area contributed by atoms with Crippen molar-refractivity contribution in [3.63, 3.8) is 0 Å². The van der Waals surface area contributed by atoms with E-state index in [1.54, 1.807) is 12.2 Å². The van der Waals surface area contributed by atoms with Gasteiger partial charge in [-0.1, -0.05) is 44.4 Å². The fourth-order valence-electron chi connectivity index (χ4n) is 2.97. The minimum atomic E-state index is -3.11. The second-order valence-corrected chi connectivity index (χ2v) is 7.84. The van der Waals surface area contributed by atoms with Gasteiger partial charge in [-0.15, -0.1) is 11.8 Å². The predicted molar refractivity (Wildman–Crippen MR) is 108 cm³/mol. The molecule has 1 aromatic carbocycles. The summed E-state index contributed by atoms with van der Waals surface area (Å²) in [6, 6.07) is 4.20. The minimum Gasteiger partial charge on any atom is -0.449 e. The molecule has 0 atom stereocenters. The van der Waals surface area contributed by atoms with Crippen LogP contribution in [0.4, 0.5) is 18.0 Å². The number of unbranched alkanes of at least 4 members (excludes halogenated alkanes) is 3. The summed E-state index contributed by atoms with van der Waals surface area (Å²) in [7, 11) is 0. The molecular weight excluding hydrogens is 403 g/mol. The van der Waals surface area contributed by atoms with Gasteiger partial charge in [0.25, 0.3) is 5.92 Å². The first-order valence-electron chi connectivity index (χ1n) is 9.66. The molecule has 0 radical (unpaired) electrons. The van der Waals surface area contributed by atoms with E-state index >= 15 is 0 Å². The van der Waals surface area contributed by atoms with E-state index < -0.39 is 24.3 Å². The molecule has 0 unspecified atom stereocenters. The highest BCUT2D eigenvalue weighted by atomic mass is 32.2. The lowest BCUT2D eigenvalue weighted by atomic mass is 10.1. The van der Waals surface area contributed by atoms with E-state index in [0.717, 1.165) is 61.7 Å². The van der Waals surface area contributed by atoms with Crippen LogP contribution >= 0.6 is 11.8 Å². The van der Waals surface area contributed by atoms with Crippen LogP contribution in [-0.4, -0.2) is 35.0 Å². The molecule has 0 fully saturated rings. The van der Waals surface area contributed by atoms with Crippen LogP contribution in [0, 0.1) is 5.82 Å². The van der Waals surface area contributed by atoms with Crippen LogP contribution in [0.3, 0.4) is 0 Å². The Morgan fingerprint density at radius 3 is 2.62 bits per heavy atom. The number of rotatable bonds is 11. The Kier molecular flexibility index (Phi) is 8.95. The molecule has 1 aromatic rings. The van der Waals surface area contributed by atoms with Gasteiger partial charge >= 0.3 is 6.16 Å². The van der Waals surface area contributed by atoms with Crippen molar-refractivity contribution in [3.05, 3.63) is 58.6 Å². The minimum absolute atomic E-state index is 0.0610. The molecule has 4 nitrogen and oxygen atoms in total. The van der Waals surface area contributed by atoms with E-state index in [2.05, 4.69) is 6.92 Å². The number of alkyl halides is 2. The number of allylic oxidation sites excluding steroid dienone is 1. The fourth-order valence-corrected chi connectivity index (χ4v) is 4.12. The number of thioether (sulfide) groups is 1. The molecule has 1 heterocycles. The highest BCUT2D eigenvalue weighted by Crippen LogP contribution is 2.36. The Labute approximate surface area is 173 Å². The van der Waals surface area contributed by atoms with Gasteiger partial charge in [0.05, 0.1) is 0 Å². The molecule has 0 bridgehead atoms. The highest BCUT2D eigenvalue weighted by Gasteiger charge is 2.31. The van der Waals surface area contributed by atoms with E-state index in [4.69, 9.17) is 9.84 Å². The lowest BCUT2D eigenvalue weighted by Gasteiger charge is -2.30. The number of carboxylic acid groups (broad SMARTS) is 1. The molecule has 1 N–H and O–H groups in total. The molecule has 160 valence electrons. The van der Waals surface area contributed by atoms with Crippen LogP contribution in [0.2, 0.25) is 0 Å². The predicted octanol–water partition coefficient (Wildman–Crippen LogP) is 6.36. The van der Waals surface area contributed by atoms with Gasteiger partial charge in [0.15, 0.2) is 5.76 Å². The summed E-state index contributed by atoms with van der Waals surface area (Å²) in [5, 5.41) is 9.53. The van der Waals surface area contributed by atoms with Gasteiger partial charge < -0.3 is 14.7 Å². The fraction of sp³-hybridized carbons (Fsp3) is 0.476. The van der Waals surface area contributed by atoms with Crippen LogP contribution < -0.4 is 0 Å². The molecule has 0 saturated carbocycles. The molecular formula is C21H26F3NO3S. The third kappa shape index (κ3) is 7.34. The summed E-state index contributed by atoms with van der Waals surface area (Å²) >= 11 is 1.16. The molecule has 1 aliphatic rings. The molecule has 2 rings (SSSR count). The maximum atomic E-state index is 14.4. The molecule has 0 aliphatic carbocycles. The van der Waals surface area contributed by atoms with Crippen molar-refractivity contribution in [1.29, 1.82) is 0 Å². The SMILES string of the molecule is CCCCCCN1CC=CC(OC(=O)O)=C1SCCC(F)(F)c1ccc(F)cc1. The molecule has 29 heavy (non-hydrogen) atoms. The smallest absolute Gasteiger partial charge is 0.449 e. The summed E-state index contributed by atoms with van der Waals surface area (Å²) in [6.07, 6.45) is 5.66. The molecule has 1 aliphatic heterocycles. The van der Waals surface area contributed by atoms with Crippen molar-refractivity contribution in [1.82, 2.24) is 4.90 Å². The standard InChI is InChI=1S/C21H26F3NO3S/c1-2-3-4-5-13-25-14-6-7-18(28-20(26)27)19(25)29-15-12-21(23,24)16-8-10-17(22)11-9-16/h6-11H,2-5,12-15H2,1H3,(H,26,27). The molecule has 0 aromatic heterocycles. The topological polar surface area (TPSA) is 49.8 Å². The number of nitrogens with zero attached hydrogens (tertiary/aromatic N) is 1. The maximum Gasteiger partial charge on any atom is 0.511 e. The number of carbonyl (C=O) groups is 1. The Hall–Kier alpha value is -2.09. The number of halogens is 3. The molecule has 0 amide bonds. The molecule has 8 heteroatoms. The van der Waals surface area contributed by atoms with Crippen LogP contribution in [0.1, 0.15) is 44.6 Å². The Morgan fingerprint density at radius 1 is 1.24 bits per heavy atom. The Morgan fingerprint density at radius 2 is 1.97 bits per heavy atom. The van der Waals surface area contributed by atoms with Gasteiger partial charge in [-0.05, 0) is 24.6 Å². The van der Waals surface area contributed by atoms with Crippen LogP contribution in [0.5, 0.6) is 0 Å². The van der Waals surface area contributed by atoms with Crippen LogP contribution in [-0.2, 0) is 10.7 Å². The number of benzene rings is 1. The van der Waals surface area contributed by atoms with Crippen LogP contribution in [0.15, 0.2) is 47.2 Å². The van der Waals surface area contributed by atoms with Gasteiger partial charge in [0.1, 0.15) is 10.8 Å². The first-order valence-corrected chi connectivity index (χ1v) is 10.6. The zero-order valence-electron chi connectivity index (χ0n) is 16.4. The first kappa shape index (κ1) is 23.2. The van der Waals surface area contributed by atoms with Crippen molar-refractivity contribution in [2.24, 2.45) is 0 Å². The summed E-state index contributed by atoms with van der Waals surface area (Å²) in [4.78, 5) is 13.0. The van der Waals surface area contributed by atoms with Gasteiger partial charge in [0, 0.05) is 30.8 Å². The Balaban J connectivity index is 2.04. The summed E-state index contributed by atoms with van der Waals surface area (Å²) < 4.78 is 46.7. The van der Waals surface area contributed by atoms with Crippen molar-refractivity contribution in [2.45, 2.75) is 45.0 Å². The normalized spacial score (nSPS) is 14.4. The van der Waals surface area contributed by atoms with Crippen molar-refractivity contribution < 1.29 is 27.8 Å².